The van der Waals surface area contributed by atoms with Crippen LogP contribution in [0.2, 0.25) is 0 Å². The van der Waals surface area contributed by atoms with Gasteiger partial charge in [0, 0.05) is 23.8 Å². The average Bonchev–Trinajstić information content (AvgIpc) is 2.46. The number of aromatic nitrogens is 1. The maximum absolute atomic E-state index is 10.6. The van der Waals surface area contributed by atoms with Gasteiger partial charge in [-0.1, -0.05) is 25.1 Å². The van der Waals surface area contributed by atoms with Gasteiger partial charge >= 0.3 is 0 Å². The van der Waals surface area contributed by atoms with Gasteiger partial charge in [0.15, 0.2) is 0 Å². The number of ether oxygens (including phenoxy) is 1. The molecule has 0 saturated carbocycles. The zero-order valence-electron chi connectivity index (χ0n) is 11.8. The molecule has 1 aromatic heterocycles. The van der Waals surface area contributed by atoms with Crippen LogP contribution in [0.5, 0.6) is 0 Å². The lowest BCUT2D eigenvalue weighted by molar-refractivity contribution is -0.113. The third-order valence-electron chi connectivity index (χ3n) is 3.68. The summed E-state index contributed by atoms with van der Waals surface area (Å²) in [4.78, 5) is 4.39. The Morgan fingerprint density at radius 1 is 1.32 bits per heavy atom. The largest absolute Gasteiger partial charge is 0.385 e. The number of hydrogen-bond donors (Lipinski definition) is 1. The van der Waals surface area contributed by atoms with Gasteiger partial charge in [-0.25, -0.2) is 0 Å². The van der Waals surface area contributed by atoms with E-state index in [0.717, 1.165) is 22.9 Å². The van der Waals surface area contributed by atoms with Crippen molar-refractivity contribution in [2.45, 2.75) is 38.9 Å². The van der Waals surface area contributed by atoms with E-state index in [9.17, 15) is 5.11 Å². The molecule has 0 saturated heterocycles. The van der Waals surface area contributed by atoms with Crippen molar-refractivity contribution < 1.29 is 9.84 Å². The Morgan fingerprint density at radius 2 is 2.05 bits per heavy atom. The third-order valence-corrected chi connectivity index (χ3v) is 3.68. The lowest BCUT2D eigenvalue weighted by Gasteiger charge is -2.33. The summed E-state index contributed by atoms with van der Waals surface area (Å²) >= 11 is 0. The summed E-state index contributed by atoms with van der Waals surface area (Å²) in [6.45, 7) is 6.49. The van der Waals surface area contributed by atoms with Crippen LogP contribution in [0.25, 0.3) is 10.9 Å². The van der Waals surface area contributed by atoms with E-state index in [1.807, 2.05) is 51.1 Å². The molecule has 1 heterocycles. The first-order valence-corrected chi connectivity index (χ1v) is 6.77. The molecule has 0 spiro atoms. The van der Waals surface area contributed by atoms with Crippen molar-refractivity contribution in [1.82, 2.24) is 4.98 Å². The van der Waals surface area contributed by atoms with Crippen molar-refractivity contribution in [3.63, 3.8) is 0 Å². The van der Waals surface area contributed by atoms with Crippen molar-refractivity contribution in [3.8, 4) is 0 Å². The van der Waals surface area contributed by atoms with Crippen LogP contribution in [0.1, 0.15) is 38.9 Å². The van der Waals surface area contributed by atoms with E-state index < -0.39 is 11.7 Å². The molecule has 3 nitrogen and oxygen atoms in total. The monoisotopic (exact) mass is 259 g/mol. The fourth-order valence-electron chi connectivity index (χ4n) is 2.29. The van der Waals surface area contributed by atoms with Crippen LogP contribution in [-0.4, -0.2) is 22.3 Å². The van der Waals surface area contributed by atoms with Crippen LogP contribution in [0, 0.1) is 0 Å². The van der Waals surface area contributed by atoms with Gasteiger partial charge in [0.2, 0.25) is 0 Å². The minimum absolute atomic E-state index is 0.571. The Hall–Kier alpha value is -1.45. The van der Waals surface area contributed by atoms with Crippen molar-refractivity contribution in [2.75, 3.05) is 6.61 Å². The summed E-state index contributed by atoms with van der Waals surface area (Å²) in [7, 11) is 0. The summed E-state index contributed by atoms with van der Waals surface area (Å²) in [5.74, 6) is 0. The number of rotatable bonds is 5. The quantitative estimate of drug-likeness (QED) is 0.894. The molecule has 19 heavy (non-hydrogen) atoms. The van der Waals surface area contributed by atoms with Crippen LogP contribution in [-0.2, 0) is 4.74 Å². The lowest BCUT2D eigenvalue weighted by Crippen LogP contribution is -2.35. The molecule has 0 radical (unpaired) electrons. The van der Waals surface area contributed by atoms with E-state index >= 15 is 0 Å². The van der Waals surface area contributed by atoms with E-state index in [0.29, 0.717) is 6.61 Å². The highest BCUT2D eigenvalue weighted by Crippen LogP contribution is 2.32. The molecule has 2 atom stereocenters. The third kappa shape index (κ3) is 2.77. The molecule has 0 fully saturated rings. The minimum Gasteiger partial charge on any atom is -0.385 e. The highest BCUT2D eigenvalue weighted by Gasteiger charge is 2.33. The van der Waals surface area contributed by atoms with Gasteiger partial charge in [-0.15, -0.1) is 0 Å². The van der Waals surface area contributed by atoms with Gasteiger partial charge in [-0.05, 0) is 32.4 Å². The molecule has 0 aliphatic rings. The van der Waals surface area contributed by atoms with Crippen molar-refractivity contribution in [3.05, 3.63) is 42.1 Å². The fourth-order valence-corrected chi connectivity index (χ4v) is 2.29. The van der Waals surface area contributed by atoms with Gasteiger partial charge in [0.05, 0.1) is 11.1 Å². The van der Waals surface area contributed by atoms with E-state index in [4.69, 9.17) is 4.74 Å². The number of pyridine rings is 1. The second-order valence-electron chi connectivity index (χ2n) is 4.96. The van der Waals surface area contributed by atoms with Gasteiger partial charge in [-0.2, -0.15) is 0 Å². The summed E-state index contributed by atoms with van der Waals surface area (Å²) in [5.41, 5.74) is 1.17. The molecule has 3 heteroatoms. The molecule has 1 aromatic carbocycles. The van der Waals surface area contributed by atoms with Crippen molar-refractivity contribution in [2.24, 2.45) is 0 Å². The second kappa shape index (κ2) is 5.68. The molecule has 1 N–H and O–H groups in total. The highest BCUT2D eigenvalue weighted by molar-refractivity contribution is 5.78. The lowest BCUT2D eigenvalue weighted by atomic mass is 9.90. The van der Waals surface area contributed by atoms with Crippen LogP contribution in [0.3, 0.4) is 0 Å². The average molecular weight is 259 g/mol. The standard InChI is InChI=1S/C16H21NO2/c1-4-16(3,19-5-2)15(18)13-10-12-8-6-7-9-14(12)17-11-13/h6-11,15,18H,4-5H2,1-3H3. The number of para-hydroxylation sites is 1. The molecule has 2 unspecified atom stereocenters. The summed E-state index contributed by atoms with van der Waals surface area (Å²) in [5, 5.41) is 11.6. The van der Waals surface area contributed by atoms with E-state index in [2.05, 4.69) is 4.98 Å². The first-order chi connectivity index (χ1) is 9.10. The topological polar surface area (TPSA) is 42.4 Å². The maximum Gasteiger partial charge on any atom is 0.109 e. The van der Waals surface area contributed by atoms with Crippen LogP contribution >= 0.6 is 0 Å². The van der Waals surface area contributed by atoms with Crippen LogP contribution in [0.15, 0.2) is 36.5 Å². The maximum atomic E-state index is 10.6. The first-order valence-electron chi connectivity index (χ1n) is 6.77. The predicted molar refractivity (Wildman–Crippen MR) is 77.0 cm³/mol. The molecule has 2 rings (SSSR count). The smallest absolute Gasteiger partial charge is 0.109 e. The molecule has 0 bridgehead atoms. The second-order valence-corrected chi connectivity index (χ2v) is 4.96. The number of nitrogens with zero attached hydrogens (tertiary/aromatic N) is 1. The normalized spacial score (nSPS) is 16.2. The van der Waals surface area contributed by atoms with E-state index in [1.165, 1.54) is 0 Å². The summed E-state index contributed by atoms with van der Waals surface area (Å²) in [6, 6.07) is 9.89. The van der Waals surface area contributed by atoms with Gasteiger partial charge < -0.3 is 9.84 Å². The van der Waals surface area contributed by atoms with Gasteiger partial charge in [-0.3, -0.25) is 4.98 Å². The van der Waals surface area contributed by atoms with Gasteiger partial charge in [0.25, 0.3) is 0 Å². The van der Waals surface area contributed by atoms with Crippen LogP contribution < -0.4 is 0 Å². The molecule has 0 amide bonds. The zero-order valence-corrected chi connectivity index (χ0v) is 11.8. The molecular formula is C16H21NO2. The number of aliphatic hydroxyl groups excluding tert-OH is 1. The number of fused-ring (bicyclic) bond motifs is 1. The molecule has 0 aliphatic heterocycles. The van der Waals surface area contributed by atoms with Gasteiger partial charge in [0.1, 0.15) is 6.10 Å². The Kier molecular flexibility index (Phi) is 4.17. The Balaban J connectivity index is 2.37. The molecule has 0 aliphatic carbocycles. The van der Waals surface area contributed by atoms with Crippen LogP contribution in [0.4, 0.5) is 0 Å². The number of hydrogen-bond acceptors (Lipinski definition) is 3. The Morgan fingerprint density at radius 3 is 2.74 bits per heavy atom. The first kappa shape index (κ1) is 14.0. The molecule has 2 aromatic rings. The number of benzene rings is 1. The summed E-state index contributed by atoms with van der Waals surface area (Å²) in [6.07, 6.45) is 1.81. The van der Waals surface area contributed by atoms with E-state index in [-0.39, 0.29) is 0 Å². The Bertz CT molecular complexity index is 555. The fraction of sp³-hybridized carbons (Fsp3) is 0.438. The Labute approximate surface area is 114 Å². The number of aliphatic hydroxyl groups is 1. The molecular weight excluding hydrogens is 238 g/mol. The minimum atomic E-state index is -0.672. The zero-order chi connectivity index (χ0) is 13.9. The predicted octanol–water partition coefficient (Wildman–Crippen LogP) is 3.47. The molecule has 102 valence electrons. The van der Waals surface area contributed by atoms with Crippen molar-refractivity contribution in [1.29, 1.82) is 0 Å². The highest BCUT2D eigenvalue weighted by atomic mass is 16.5. The SMILES string of the molecule is CCOC(C)(CC)C(O)c1cnc2ccccc2c1. The van der Waals surface area contributed by atoms with Crippen molar-refractivity contribution >= 4 is 10.9 Å². The van der Waals surface area contributed by atoms with E-state index in [1.54, 1.807) is 6.20 Å². The summed E-state index contributed by atoms with van der Waals surface area (Å²) < 4.78 is 5.73.